The Morgan fingerprint density at radius 3 is 2.48 bits per heavy atom. The molecule has 2 unspecified atom stereocenters. The van der Waals surface area contributed by atoms with E-state index in [1.54, 1.807) is 6.20 Å². The minimum absolute atomic E-state index is 0.509. The lowest BCUT2D eigenvalue weighted by Crippen LogP contribution is -2.43. The summed E-state index contributed by atoms with van der Waals surface area (Å²) in [5, 5.41) is 5.16. The van der Waals surface area contributed by atoms with Crippen LogP contribution in [0.2, 0.25) is 5.02 Å². The van der Waals surface area contributed by atoms with Gasteiger partial charge in [-0.2, -0.15) is 5.10 Å². The van der Waals surface area contributed by atoms with Gasteiger partial charge in [-0.1, -0.05) is 54.1 Å². The number of halogens is 1. The number of piperidine rings is 1. The Morgan fingerprint density at radius 2 is 1.83 bits per heavy atom. The molecule has 0 aliphatic carbocycles. The van der Waals surface area contributed by atoms with Crippen molar-refractivity contribution < 1.29 is 0 Å². The number of hydrogen-bond acceptors (Lipinski definition) is 2. The summed E-state index contributed by atoms with van der Waals surface area (Å²) in [5.41, 5.74) is 1.28. The van der Waals surface area contributed by atoms with Gasteiger partial charge in [0.2, 0.25) is 0 Å². The third-order valence-corrected chi connectivity index (χ3v) is 5.42. The van der Waals surface area contributed by atoms with Crippen LogP contribution in [0.3, 0.4) is 0 Å². The van der Waals surface area contributed by atoms with Gasteiger partial charge < -0.3 is 0 Å². The molecule has 2 aliphatic rings. The van der Waals surface area contributed by atoms with Gasteiger partial charge in [0.25, 0.3) is 0 Å². The van der Waals surface area contributed by atoms with Crippen LogP contribution in [0.5, 0.6) is 0 Å². The molecular formula is C19H22ClN3. The van der Waals surface area contributed by atoms with Crippen molar-refractivity contribution >= 4 is 17.7 Å². The minimum atomic E-state index is 0.509. The predicted molar refractivity (Wildman–Crippen MR) is 94.5 cm³/mol. The lowest BCUT2D eigenvalue weighted by molar-refractivity contribution is 0.116. The topological polar surface area (TPSA) is 21.1 Å². The maximum atomic E-state index is 6.02. The average molecular weight is 328 g/mol. The molecule has 4 heteroatoms. The zero-order valence-corrected chi connectivity index (χ0v) is 13.9. The second-order valence-corrected chi connectivity index (χ2v) is 7.10. The van der Waals surface area contributed by atoms with Crippen molar-refractivity contribution in [3.8, 4) is 0 Å². The highest BCUT2D eigenvalue weighted by Crippen LogP contribution is 2.40. The fraction of sp³-hybridized carbons (Fsp3) is 0.421. The molecule has 0 amide bonds. The molecule has 120 valence electrons. The van der Waals surface area contributed by atoms with E-state index in [0.29, 0.717) is 18.1 Å². The van der Waals surface area contributed by atoms with Gasteiger partial charge in [-0.05, 0) is 31.2 Å². The van der Waals surface area contributed by atoms with E-state index in [0.717, 1.165) is 11.6 Å². The van der Waals surface area contributed by atoms with Gasteiger partial charge in [-0.25, -0.2) is 0 Å². The van der Waals surface area contributed by atoms with Crippen molar-refractivity contribution in [2.45, 2.75) is 43.8 Å². The van der Waals surface area contributed by atoms with Crippen LogP contribution < -0.4 is 0 Å². The molecule has 0 N–H and O–H groups in total. The van der Waals surface area contributed by atoms with Crippen LogP contribution in [0, 0.1) is 0 Å². The molecule has 0 spiro atoms. The molecule has 2 fully saturated rings. The summed E-state index contributed by atoms with van der Waals surface area (Å²) in [6.45, 7) is 1.05. The molecule has 1 aromatic carbocycles. The van der Waals surface area contributed by atoms with Crippen LogP contribution in [0.15, 0.2) is 48.8 Å². The number of rotatable bonds is 4. The summed E-state index contributed by atoms with van der Waals surface area (Å²) in [6, 6.07) is 12.4. The van der Waals surface area contributed by atoms with Crippen LogP contribution in [0.4, 0.5) is 0 Å². The van der Waals surface area contributed by atoms with Crippen molar-refractivity contribution in [1.82, 2.24) is 14.7 Å². The van der Waals surface area contributed by atoms with Crippen molar-refractivity contribution in [2.75, 3.05) is 6.54 Å². The van der Waals surface area contributed by atoms with Gasteiger partial charge in [-0.3, -0.25) is 9.58 Å². The van der Waals surface area contributed by atoms with Crippen LogP contribution in [0.25, 0.3) is 6.08 Å². The third-order valence-electron chi connectivity index (χ3n) is 5.23. The van der Waals surface area contributed by atoms with Gasteiger partial charge in [0.05, 0.1) is 17.3 Å². The Kier molecular flexibility index (Phi) is 4.23. The number of hydrogen-bond donors (Lipinski definition) is 0. The second kappa shape index (κ2) is 6.50. The monoisotopic (exact) mass is 327 g/mol. The molecule has 3 heterocycles. The molecule has 2 bridgehead atoms. The molecule has 1 aromatic heterocycles. The van der Waals surface area contributed by atoms with Crippen LogP contribution in [0.1, 0.15) is 37.3 Å². The Morgan fingerprint density at radius 1 is 1.09 bits per heavy atom. The van der Waals surface area contributed by atoms with E-state index in [1.165, 1.54) is 31.2 Å². The number of benzene rings is 1. The number of nitrogens with zero attached hydrogens (tertiary/aromatic N) is 3. The van der Waals surface area contributed by atoms with Gasteiger partial charge in [0, 0.05) is 24.8 Å². The van der Waals surface area contributed by atoms with E-state index < -0.39 is 0 Å². The maximum Gasteiger partial charge on any atom is 0.0785 e. The van der Waals surface area contributed by atoms with Crippen molar-refractivity contribution in [1.29, 1.82) is 0 Å². The van der Waals surface area contributed by atoms with Gasteiger partial charge in [-0.15, -0.1) is 0 Å². The van der Waals surface area contributed by atoms with E-state index in [4.69, 9.17) is 11.6 Å². The summed E-state index contributed by atoms with van der Waals surface area (Å²) in [5.74, 6) is 0. The summed E-state index contributed by atoms with van der Waals surface area (Å²) >= 11 is 6.02. The van der Waals surface area contributed by atoms with Crippen molar-refractivity contribution in [2.24, 2.45) is 0 Å². The fourth-order valence-corrected chi connectivity index (χ4v) is 4.29. The molecule has 23 heavy (non-hydrogen) atoms. The highest BCUT2D eigenvalue weighted by Gasteiger charge is 2.40. The predicted octanol–water partition coefficient (Wildman–Crippen LogP) is 4.42. The van der Waals surface area contributed by atoms with E-state index in [9.17, 15) is 0 Å². The van der Waals surface area contributed by atoms with E-state index in [-0.39, 0.29) is 0 Å². The first-order valence-corrected chi connectivity index (χ1v) is 8.84. The molecule has 2 aliphatic heterocycles. The highest BCUT2D eigenvalue weighted by molar-refractivity contribution is 6.30. The Balaban J connectivity index is 1.40. The quantitative estimate of drug-likeness (QED) is 0.829. The summed E-state index contributed by atoms with van der Waals surface area (Å²) in [6.07, 6.45) is 13.3. The molecule has 0 radical (unpaired) electrons. The average Bonchev–Trinajstić information content (AvgIpc) is 3.09. The largest absolute Gasteiger partial charge is 0.294 e. The molecular weight excluding hydrogens is 306 g/mol. The van der Waals surface area contributed by atoms with E-state index in [2.05, 4.69) is 57.2 Å². The zero-order valence-electron chi connectivity index (χ0n) is 13.2. The molecule has 3 nitrogen and oxygen atoms in total. The normalized spacial score (nSPS) is 27.8. The first-order valence-electron chi connectivity index (χ1n) is 8.46. The zero-order chi connectivity index (χ0) is 15.6. The van der Waals surface area contributed by atoms with Gasteiger partial charge in [0.1, 0.15) is 0 Å². The van der Waals surface area contributed by atoms with Crippen LogP contribution >= 0.6 is 11.6 Å². The van der Waals surface area contributed by atoms with Crippen LogP contribution in [-0.2, 0) is 0 Å². The first kappa shape index (κ1) is 15.0. The second-order valence-electron chi connectivity index (χ2n) is 6.66. The SMILES string of the molecule is Clc1cnn(C2CC3CCC(C2)N3CC=Cc2ccccc2)c1. The molecule has 2 aromatic rings. The van der Waals surface area contributed by atoms with Gasteiger partial charge >= 0.3 is 0 Å². The lowest BCUT2D eigenvalue weighted by Gasteiger charge is -2.38. The van der Waals surface area contributed by atoms with Crippen molar-refractivity contribution in [3.05, 3.63) is 59.4 Å². The number of fused-ring (bicyclic) bond motifs is 2. The minimum Gasteiger partial charge on any atom is -0.294 e. The van der Waals surface area contributed by atoms with E-state index >= 15 is 0 Å². The third kappa shape index (κ3) is 3.22. The Hall–Kier alpha value is -1.58. The first-order chi connectivity index (χ1) is 11.3. The summed E-state index contributed by atoms with van der Waals surface area (Å²) in [4.78, 5) is 2.68. The molecule has 2 saturated heterocycles. The molecule has 2 atom stereocenters. The van der Waals surface area contributed by atoms with E-state index in [1.807, 2.05) is 6.20 Å². The lowest BCUT2D eigenvalue weighted by atomic mass is 9.97. The number of aromatic nitrogens is 2. The van der Waals surface area contributed by atoms with Crippen molar-refractivity contribution in [3.63, 3.8) is 0 Å². The van der Waals surface area contributed by atoms with Gasteiger partial charge in [0.15, 0.2) is 0 Å². The maximum absolute atomic E-state index is 6.02. The smallest absolute Gasteiger partial charge is 0.0785 e. The highest BCUT2D eigenvalue weighted by atomic mass is 35.5. The molecule has 4 rings (SSSR count). The standard InChI is InChI=1S/C19H22ClN3/c20-16-13-21-23(14-16)19-11-17-8-9-18(12-19)22(17)10-4-7-15-5-2-1-3-6-15/h1-7,13-14,17-19H,8-12H2. The summed E-state index contributed by atoms with van der Waals surface area (Å²) < 4.78 is 2.07. The Labute approximate surface area is 142 Å². The van der Waals surface area contributed by atoms with Crippen LogP contribution in [-0.4, -0.2) is 33.3 Å². The fourth-order valence-electron chi connectivity index (χ4n) is 4.15. The molecule has 0 saturated carbocycles. The Bertz CT molecular complexity index is 665. The summed E-state index contributed by atoms with van der Waals surface area (Å²) in [7, 11) is 0.